The number of nitrogens with zero attached hydrogens (tertiary/aromatic N) is 1. The van der Waals surface area contributed by atoms with Crippen LogP contribution in [-0.4, -0.2) is 43.6 Å². The number of carbonyl (C=O) groups is 2. The van der Waals surface area contributed by atoms with E-state index >= 15 is 0 Å². The van der Waals surface area contributed by atoms with E-state index in [0.29, 0.717) is 26.2 Å². The molecule has 0 spiro atoms. The van der Waals surface area contributed by atoms with Gasteiger partial charge in [-0.25, -0.2) is 4.79 Å². The third kappa shape index (κ3) is 5.75. The minimum Gasteiger partial charge on any atom is -0.497 e. The lowest BCUT2D eigenvalue weighted by molar-refractivity contribution is -0.132. The van der Waals surface area contributed by atoms with Crippen LogP contribution in [-0.2, 0) is 17.8 Å². The maximum absolute atomic E-state index is 12.9. The van der Waals surface area contributed by atoms with Crippen LogP contribution in [0.15, 0.2) is 54.6 Å². The molecule has 2 N–H and O–H groups in total. The molecular formula is C24H31N3O3. The summed E-state index contributed by atoms with van der Waals surface area (Å²) in [5.41, 5.74) is 1.59. The van der Waals surface area contributed by atoms with Crippen molar-refractivity contribution in [2.75, 3.05) is 26.7 Å². The second-order valence-corrected chi connectivity index (χ2v) is 8.09. The number of rotatable bonds is 7. The van der Waals surface area contributed by atoms with Gasteiger partial charge in [0.15, 0.2) is 0 Å². The molecule has 1 atom stereocenters. The van der Waals surface area contributed by atoms with Crippen LogP contribution in [0.2, 0.25) is 0 Å². The van der Waals surface area contributed by atoms with Gasteiger partial charge < -0.3 is 20.3 Å². The fourth-order valence-electron chi connectivity index (χ4n) is 3.85. The summed E-state index contributed by atoms with van der Waals surface area (Å²) in [6, 6.07) is 17.6. The fraction of sp³-hybridized carbons (Fsp3) is 0.417. The Kier molecular flexibility index (Phi) is 7.33. The number of likely N-dealkylation sites (tertiary alicyclic amines) is 1. The fourth-order valence-corrected chi connectivity index (χ4v) is 3.85. The van der Waals surface area contributed by atoms with E-state index in [1.807, 2.05) is 49.4 Å². The molecule has 1 aliphatic heterocycles. The zero-order valence-electron chi connectivity index (χ0n) is 17.8. The highest BCUT2D eigenvalue weighted by atomic mass is 16.5. The molecule has 0 unspecified atom stereocenters. The van der Waals surface area contributed by atoms with Crippen molar-refractivity contribution in [1.82, 2.24) is 15.5 Å². The van der Waals surface area contributed by atoms with Gasteiger partial charge in [0.1, 0.15) is 5.75 Å². The van der Waals surface area contributed by atoms with Crippen LogP contribution in [0.1, 0.15) is 30.9 Å². The molecule has 1 heterocycles. The first-order valence-electron chi connectivity index (χ1n) is 10.5. The van der Waals surface area contributed by atoms with Crippen molar-refractivity contribution in [3.63, 3.8) is 0 Å². The molecule has 6 nitrogen and oxygen atoms in total. The lowest BCUT2D eigenvalue weighted by Gasteiger charge is -2.39. The summed E-state index contributed by atoms with van der Waals surface area (Å²) in [6.45, 7) is 4.06. The quantitative estimate of drug-likeness (QED) is 0.737. The Hall–Kier alpha value is -3.02. The van der Waals surface area contributed by atoms with Gasteiger partial charge in [-0.1, -0.05) is 42.5 Å². The Morgan fingerprint density at radius 3 is 2.60 bits per heavy atom. The zero-order chi connectivity index (χ0) is 21.4. The highest BCUT2D eigenvalue weighted by molar-refractivity contribution is 5.84. The first-order valence-corrected chi connectivity index (χ1v) is 10.5. The number of piperidine rings is 1. The Labute approximate surface area is 178 Å². The van der Waals surface area contributed by atoms with Crippen molar-refractivity contribution in [1.29, 1.82) is 0 Å². The monoisotopic (exact) mass is 409 g/mol. The van der Waals surface area contributed by atoms with Crippen molar-refractivity contribution in [3.05, 3.63) is 65.7 Å². The molecule has 3 rings (SSSR count). The topological polar surface area (TPSA) is 70.7 Å². The second kappa shape index (κ2) is 10.1. The first kappa shape index (κ1) is 21.7. The van der Waals surface area contributed by atoms with Crippen LogP contribution in [0.25, 0.3) is 0 Å². The van der Waals surface area contributed by atoms with Crippen molar-refractivity contribution in [2.45, 2.75) is 32.7 Å². The number of benzene rings is 2. The standard InChI is InChI=1S/C24H31N3O3/c1-24(22(28)26-17-20-10-6-11-21(16-20)30-2)13-7-15-27(18-24)23(29)25-14-12-19-8-4-3-5-9-19/h3-6,8-11,16H,7,12-15,17-18H2,1-2H3,(H,25,29)(H,26,28)/t24-/m1/s1. The highest BCUT2D eigenvalue weighted by Crippen LogP contribution is 2.30. The largest absolute Gasteiger partial charge is 0.497 e. The molecule has 0 saturated carbocycles. The third-order valence-electron chi connectivity index (χ3n) is 5.65. The summed E-state index contributed by atoms with van der Waals surface area (Å²) < 4.78 is 5.23. The summed E-state index contributed by atoms with van der Waals surface area (Å²) in [6.07, 6.45) is 2.37. The van der Waals surface area contributed by atoms with E-state index in [-0.39, 0.29) is 11.9 Å². The van der Waals surface area contributed by atoms with Crippen LogP contribution < -0.4 is 15.4 Å². The number of hydrogen-bond donors (Lipinski definition) is 2. The molecule has 1 aliphatic rings. The van der Waals surface area contributed by atoms with Gasteiger partial charge in [-0.05, 0) is 49.4 Å². The van der Waals surface area contributed by atoms with Crippen LogP contribution >= 0.6 is 0 Å². The van der Waals surface area contributed by atoms with Gasteiger partial charge in [-0.3, -0.25) is 4.79 Å². The zero-order valence-corrected chi connectivity index (χ0v) is 17.8. The van der Waals surface area contributed by atoms with Gasteiger partial charge in [-0.15, -0.1) is 0 Å². The molecule has 0 aromatic heterocycles. The Morgan fingerprint density at radius 2 is 1.83 bits per heavy atom. The predicted octanol–water partition coefficient (Wildman–Crippen LogP) is 3.37. The first-order chi connectivity index (χ1) is 14.5. The van der Waals surface area contributed by atoms with Crippen molar-refractivity contribution < 1.29 is 14.3 Å². The molecule has 0 aliphatic carbocycles. The highest BCUT2D eigenvalue weighted by Gasteiger charge is 2.39. The maximum Gasteiger partial charge on any atom is 0.317 e. The van der Waals surface area contributed by atoms with E-state index in [4.69, 9.17) is 4.74 Å². The number of carbonyl (C=O) groups excluding carboxylic acids is 2. The number of hydrogen-bond acceptors (Lipinski definition) is 3. The van der Waals surface area contributed by atoms with E-state index in [9.17, 15) is 9.59 Å². The Balaban J connectivity index is 1.50. The van der Waals surface area contributed by atoms with E-state index in [0.717, 1.165) is 30.6 Å². The normalized spacial score (nSPS) is 18.5. The molecule has 30 heavy (non-hydrogen) atoms. The molecule has 1 fully saturated rings. The average molecular weight is 410 g/mol. The SMILES string of the molecule is COc1cccc(CNC(=O)[C@]2(C)CCCN(C(=O)NCCc3ccccc3)C2)c1. The summed E-state index contributed by atoms with van der Waals surface area (Å²) in [4.78, 5) is 27.3. The molecule has 160 valence electrons. The minimum absolute atomic E-state index is 0.0212. The maximum atomic E-state index is 12.9. The summed E-state index contributed by atoms with van der Waals surface area (Å²) in [7, 11) is 1.63. The van der Waals surface area contributed by atoms with Crippen molar-refractivity contribution >= 4 is 11.9 Å². The predicted molar refractivity (Wildman–Crippen MR) is 117 cm³/mol. The molecule has 0 radical (unpaired) electrons. The van der Waals surface area contributed by atoms with Crippen molar-refractivity contribution in [3.8, 4) is 5.75 Å². The Bertz CT molecular complexity index is 856. The van der Waals surface area contributed by atoms with Crippen molar-refractivity contribution in [2.24, 2.45) is 5.41 Å². The molecule has 0 bridgehead atoms. The van der Waals surface area contributed by atoms with E-state index < -0.39 is 5.41 Å². The number of nitrogens with one attached hydrogen (secondary N) is 2. The van der Waals surface area contributed by atoms with Crippen LogP contribution in [0.4, 0.5) is 4.79 Å². The minimum atomic E-state index is -0.589. The molecule has 3 amide bonds. The van der Waals surface area contributed by atoms with E-state index in [1.165, 1.54) is 5.56 Å². The average Bonchev–Trinajstić information content (AvgIpc) is 2.78. The molecular weight excluding hydrogens is 378 g/mol. The number of methoxy groups -OCH3 is 1. The van der Waals surface area contributed by atoms with Gasteiger partial charge >= 0.3 is 6.03 Å². The third-order valence-corrected chi connectivity index (χ3v) is 5.65. The Morgan fingerprint density at radius 1 is 1.07 bits per heavy atom. The van der Waals surface area contributed by atoms with Crippen LogP contribution in [0.5, 0.6) is 5.75 Å². The second-order valence-electron chi connectivity index (χ2n) is 8.09. The smallest absolute Gasteiger partial charge is 0.317 e. The lowest BCUT2D eigenvalue weighted by atomic mass is 9.81. The van der Waals surface area contributed by atoms with Gasteiger partial charge in [0.05, 0.1) is 12.5 Å². The number of amides is 3. The van der Waals surface area contributed by atoms with Crippen LogP contribution in [0.3, 0.4) is 0 Å². The van der Waals surface area contributed by atoms with Gasteiger partial charge in [0.25, 0.3) is 0 Å². The van der Waals surface area contributed by atoms with Crippen LogP contribution in [0, 0.1) is 5.41 Å². The van der Waals surface area contributed by atoms with E-state index in [1.54, 1.807) is 12.0 Å². The molecule has 2 aromatic carbocycles. The molecule has 2 aromatic rings. The summed E-state index contributed by atoms with van der Waals surface area (Å²) in [5.74, 6) is 0.746. The van der Waals surface area contributed by atoms with Gasteiger partial charge in [0.2, 0.25) is 5.91 Å². The van der Waals surface area contributed by atoms with Gasteiger partial charge in [-0.2, -0.15) is 0 Å². The summed E-state index contributed by atoms with van der Waals surface area (Å²) >= 11 is 0. The molecule has 6 heteroatoms. The number of urea groups is 1. The summed E-state index contributed by atoms with van der Waals surface area (Å²) in [5, 5.41) is 6.02. The number of ether oxygens (including phenoxy) is 1. The molecule has 1 saturated heterocycles. The lowest BCUT2D eigenvalue weighted by Crippen LogP contribution is -2.54. The van der Waals surface area contributed by atoms with E-state index in [2.05, 4.69) is 22.8 Å². The van der Waals surface area contributed by atoms with Gasteiger partial charge in [0, 0.05) is 26.2 Å².